The van der Waals surface area contributed by atoms with Crippen LogP contribution in [0.5, 0.6) is 0 Å². The summed E-state index contributed by atoms with van der Waals surface area (Å²) in [5.74, 6) is 0. The van der Waals surface area contributed by atoms with Gasteiger partial charge in [-0.2, -0.15) is 0 Å². The van der Waals surface area contributed by atoms with Crippen molar-refractivity contribution in [1.29, 1.82) is 0 Å². The third kappa shape index (κ3) is 6.75. The van der Waals surface area contributed by atoms with E-state index >= 15 is 0 Å². The Labute approximate surface area is 75.6 Å². The Morgan fingerprint density at radius 1 is 0.917 bits per heavy atom. The molecule has 0 aliphatic heterocycles. The molecule has 0 bridgehead atoms. The van der Waals surface area contributed by atoms with E-state index in [1.165, 1.54) is 0 Å². The first-order valence-corrected chi connectivity index (χ1v) is 5.38. The zero-order chi connectivity index (χ0) is 9.23. The normalized spacial score (nSPS) is 11.0. The fraction of sp³-hybridized carbons (Fsp3) is 1.00. The van der Waals surface area contributed by atoms with Crippen LogP contribution >= 0.6 is 0 Å². The van der Waals surface area contributed by atoms with E-state index in [0.717, 1.165) is 6.04 Å². The minimum atomic E-state index is -1.08. The molecule has 0 saturated carbocycles. The Bertz CT molecular complexity index is 87.5. The fourth-order valence-corrected chi connectivity index (χ4v) is 1.57. The minimum absolute atomic E-state index is 0.638. The molecule has 0 amide bonds. The minimum Gasteiger partial charge on any atom is -0.397 e. The average molecular weight is 193 g/mol. The first kappa shape index (κ1) is 12.1. The molecule has 5 heteroatoms. The molecule has 0 aliphatic carbocycles. The van der Waals surface area contributed by atoms with Gasteiger partial charge in [-0.15, -0.1) is 0 Å². The molecule has 0 unspecified atom stereocenters. The van der Waals surface area contributed by atoms with E-state index in [2.05, 4.69) is 0 Å². The Morgan fingerprint density at radius 3 is 2.08 bits per heavy atom. The van der Waals surface area contributed by atoms with Crippen molar-refractivity contribution in [2.24, 2.45) is 0 Å². The van der Waals surface area contributed by atoms with Crippen LogP contribution in [0.1, 0.15) is 0 Å². The van der Waals surface area contributed by atoms with Crippen LogP contribution in [0, 0.1) is 0 Å². The highest BCUT2D eigenvalue weighted by Crippen LogP contribution is 1.94. The van der Waals surface area contributed by atoms with Crippen molar-refractivity contribution in [2.45, 2.75) is 6.04 Å². The molecule has 0 aromatic rings. The number of methoxy groups -OCH3 is 1. The highest BCUT2D eigenvalue weighted by molar-refractivity contribution is 6.44. The Kier molecular flexibility index (Phi) is 9.19. The summed E-state index contributed by atoms with van der Waals surface area (Å²) in [6, 6.07) is 0.849. The van der Waals surface area contributed by atoms with Crippen LogP contribution in [0.4, 0.5) is 0 Å². The summed E-state index contributed by atoms with van der Waals surface area (Å²) in [5.41, 5.74) is 0. The predicted molar refractivity (Wildman–Crippen MR) is 47.3 cm³/mol. The first-order valence-electron chi connectivity index (χ1n) is 3.85. The van der Waals surface area contributed by atoms with E-state index in [4.69, 9.17) is 18.3 Å². The van der Waals surface area contributed by atoms with Crippen molar-refractivity contribution in [2.75, 3.05) is 41.2 Å². The number of rotatable bonds is 8. The summed E-state index contributed by atoms with van der Waals surface area (Å²) >= 11 is 0. The van der Waals surface area contributed by atoms with E-state index < -0.39 is 9.28 Å². The van der Waals surface area contributed by atoms with Gasteiger partial charge in [0.25, 0.3) is 0 Å². The molecule has 12 heavy (non-hydrogen) atoms. The summed E-state index contributed by atoms with van der Waals surface area (Å²) in [6.07, 6.45) is 0. The highest BCUT2D eigenvalue weighted by Gasteiger charge is 2.10. The van der Waals surface area contributed by atoms with Crippen LogP contribution in [-0.2, 0) is 18.3 Å². The smallest absolute Gasteiger partial charge is 0.386 e. The van der Waals surface area contributed by atoms with E-state index in [9.17, 15) is 0 Å². The lowest BCUT2D eigenvalue weighted by molar-refractivity contribution is 0.0748. The van der Waals surface area contributed by atoms with Crippen molar-refractivity contribution < 1.29 is 18.3 Å². The van der Waals surface area contributed by atoms with Gasteiger partial charge in [-0.1, -0.05) is 0 Å². The molecular weight excluding hydrogens is 176 g/mol. The van der Waals surface area contributed by atoms with Gasteiger partial charge in [0.15, 0.2) is 0 Å². The molecule has 73 valence electrons. The molecule has 0 aromatic carbocycles. The zero-order valence-corrected chi connectivity index (χ0v) is 8.96. The summed E-state index contributed by atoms with van der Waals surface area (Å²) < 4.78 is 20.2. The topological polar surface area (TPSA) is 36.9 Å². The zero-order valence-electron chi connectivity index (χ0n) is 7.96. The third-order valence-electron chi connectivity index (χ3n) is 1.34. The highest BCUT2D eigenvalue weighted by atomic mass is 28.3. The molecule has 1 radical (unpaired) electrons. The third-order valence-corrected chi connectivity index (χ3v) is 2.86. The second-order valence-corrected chi connectivity index (χ2v) is 4.20. The van der Waals surface area contributed by atoms with Gasteiger partial charge in [0.1, 0.15) is 0 Å². The van der Waals surface area contributed by atoms with E-state index in [1.807, 2.05) is 0 Å². The van der Waals surface area contributed by atoms with Gasteiger partial charge < -0.3 is 18.3 Å². The van der Waals surface area contributed by atoms with Gasteiger partial charge in [0.05, 0.1) is 13.2 Å². The molecule has 0 heterocycles. The molecule has 0 saturated heterocycles. The molecule has 0 N–H and O–H groups in total. The Balaban J connectivity index is 3.06. The quantitative estimate of drug-likeness (QED) is 0.414. The maximum atomic E-state index is 5.25. The lowest BCUT2D eigenvalue weighted by Crippen LogP contribution is -2.21. The van der Waals surface area contributed by atoms with Crippen molar-refractivity contribution in [3.8, 4) is 0 Å². The molecule has 0 spiro atoms. The van der Waals surface area contributed by atoms with Gasteiger partial charge in [-0.25, -0.2) is 0 Å². The molecular formula is C7H17O4Si. The summed E-state index contributed by atoms with van der Waals surface area (Å²) in [6.45, 7) is 1.96. The Morgan fingerprint density at radius 2 is 1.58 bits per heavy atom. The van der Waals surface area contributed by atoms with Crippen molar-refractivity contribution in [3.63, 3.8) is 0 Å². The van der Waals surface area contributed by atoms with Gasteiger partial charge in [-0.05, 0) is 0 Å². The second-order valence-electron chi connectivity index (χ2n) is 2.14. The van der Waals surface area contributed by atoms with E-state index in [0.29, 0.717) is 19.8 Å². The summed E-state index contributed by atoms with van der Waals surface area (Å²) in [5, 5.41) is 0. The van der Waals surface area contributed by atoms with Gasteiger partial charge in [0.2, 0.25) is 0 Å². The molecule has 0 aromatic heterocycles. The fourth-order valence-electron chi connectivity index (χ4n) is 0.687. The van der Waals surface area contributed by atoms with Crippen molar-refractivity contribution in [3.05, 3.63) is 0 Å². The largest absolute Gasteiger partial charge is 0.397 e. The van der Waals surface area contributed by atoms with Crippen LogP contribution in [-0.4, -0.2) is 50.4 Å². The summed E-state index contributed by atoms with van der Waals surface area (Å²) in [4.78, 5) is 0. The van der Waals surface area contributed by atoms with Crippen molar-refractivity contribution in [1.82, 2.24) is 0 Å². The van der Waals surface area contributed by atoms with E-state index in [1.54, 1.807) is 21.3 Å². The molecule has 0 atom stereocenters. The molecule has 0 aliphatic rings. The lowest BCUT2D eigenvalue weighted by Gasteiger charge is -2.08. The maximum Gasteiger partial charge on any atom is 0.386 e. The SMILES string of the molecule is COCCOCC[Si](OC)OC. The second kappa shape index (κ2) is 9.15. The molecule has 4 nitrogen and oxygen atoms in total. The monoisotopic (exact) mass is 193 g/mol. The van der Waals surface area contributed by atoms with Crippen LogP contribution in [0.15, 0.2) is 0 Å². The van der Waals surface area contributed by atoms with Crippen LogP contribution in [0.3, 0.4) is 0 Å². The van der Waals surface area contributed by atoms with Crippen molar-refractivity contribution >= 4 is 9.28 Å². The number of ether oxygens (including phenoxy) is 2. The maximum absolute atomic E-state index is 5.25. The number of hydrogen-bond acceptors (Lipinski definition) is 4. The predicted octanol–water partition coefficient (Wildman–Crippen LogP) is 0.430. The Hall–Kier alpha value is 0.0569. The molecule has 0 fully saturated rings. The van der Waals surface area contributed by atoms with E-state index in [-0.39, 0.29) is 0 Å². The van der Waals surface area contributed by atoms with Crippen LogP contribution < -0.4 is 0 Å². The van der Waals surface area contributed by atoms with Gasteiger partial charge in [0, 0.05) is 34.0 Å². The average Bonchev–Trinajstić information content (AvgIpc) is 2.11. The molecule has 0 rings (SSSR count). The van der Waals surface area contributed by atoms with Crippen LogP contribution in [0.2, 0.25) is 6.04 Å². The lowest BCUT2D eigenvalue weighted by atomic mass is 10.7. The van der Waals surface area contributed by atoms with Gasteiger partial charge >= 0.3 is 9.28 Å². The number of hydrogen-bond donors (Lipinski definition) is 0. The standard InChI is InChI=1S/C7H17O4Si/c1-8-4-5-11-6-7-12(9-2)10-3/h4-7H2,1-3H3. The first-order chi connectivity index (χ1) is 5.85. The van der Waals surface area contributed by atoms with Crippen LogP contribution in [0.25, 0.3) is 0 Å². The van der Waals surface area contributed by atoms with Gasteiger partial charge in [-0.3, -0.25) is 0 Å². The summed E-state index contributed by atoms with van der Waals surface area (Å²) in [7, 11) is 3.90.